The second-order valence-corrected chi connectivity index (χ2v) is 2.88. The quantitative estimate of drug-likeness (QED) is 0.806. The Kier molecular flexibility index (Phi) is 3.41. The maximum absolute atomic E-state index is 11.9. The van der Waals surface area contributed by atoms with Crippen molar-refractivity contribution in [1.29, 1.82) is 5.26 Å². The van der Waals surface area contributed by atoms with E-state index in [0.717, 1.165) is 5.56 Å². The molecule has 14 heavy (non-hydrogen) atoms. The van der Waals surface area contributed by atoms with Crippen LogP contribution in [0.3, 0.4) is 0 Å². The number of nitrogens with one attached hydrogen (secondary N) is 1. The van der Waals surface area contributed by atoms with Gasteiger partial charge < -0.3 is 5.32 Å². The van der Waals surface area contributed by atoms with Gasteiger partial charge in [0.1, 0.15) is 6.07 Å². The maximum atomic E-state index is 11.9. The molecule has 0 bridgehead atoms. The van der Waals surface area contributed by atoms with Gasteiger partial charge in [-0.05, 0) is 18.6 Å². The second-order valence-electron chi connectivity index (χ2n) is 2.88. The zero-order chi connectivity index (χ0) is 10.6. The van der Waals surface area contributed by atoms with Gasteiger partial charge in [-0.15, -0.1) is 0 Å². The molecule has 0 heterocycles. The molecule has 0 saturated heterocycles. The summed E-state index contributed by atoms with van der Waals surface area (Å²) < 4.78 is 23.9. The summed E-state index contributed by atoms with van der Waals surface area (Å²) in [5.74, 6) is 0. The summed E-state index contributed by atoms with van der Waals surface area (Å²) in [5, 5.41) is 11.3. The van der Waals surface area contributed by atoms with Crippen LogP contribution in [0.5, 0.6) is 0 Å². The molecule has 0 spiro atoms. The van der Waals surface area contributed by atoms with E-state index in [2.05, 4.69) is 5.32 Å². The van der Waals surface area contributed by atoms with Gasteiger partial charge in [0.2, 0.25) is 0 Å². The number of benzene rings is 1. The van der Waals surface area contributed by atoms with Gasteiger partial charge in [-0.1, -0.05) is 12.1 Å². The van der Waals surface area contributed by atoms with Crippen LogP contribution in [0.4, 0.5) is 14.5 Å². The predicted octanol–water partition coefficient (Wildman–Crippen LogP) is 2.54. The van der Waals surface area contributed by atoms with Crippen molar-refractivity contribution in [3.63, 3.8) is 0 Å². The van der Waals surface area contributed by atoms with Crippen LogP contribution in [0.15, 0.2) is 18.2 Å². The summed E-state index contributed by atoms with van der Waals surface area (Å²) in [6.45, 7) is 1.34. The molecule has 1 rings (SSSR count). The molecular formula is C10H10F2N2. The minimum Gasteiger partial charge on any atom is -0.378 e. The Bertz CT molecular complexity index is 356. The third-order valence-electron chi connectivity index (χ3n) is 1.83. The third-order valence-corrected chi connectivity index (χ3v) is 1.83. The van der Waals surface area contributed by atoms with Gasteiger partial charge in [-0.25, -0.2) is 8.78 Å². The van der Waals surface area contributed by atoms with Crippen molar-refractivity contribution in [2.24, 2.45) is 0 Å². The second kappa shape index (κ2) is 4.56. The van der Waals surface area contributed by atoms with Crippen LogP contribution in [-0.4, -0.2) is 13.0 Å². The fraction of sp³-hybridized carbons (Fsp3) is 0.300. The van der Waals surface area contributed by atoms with E-state index < -0.39 is 13.0 Å². The number of nitriles is 1. The van der Waals surface area contributed by atoms with Crippen molar-refractivity contribution >= 4 is 5.69 Å². The first-order valence-corrected chi connectivity index (χ1v) is 4.17. The summed E-state index contributed by atoms with van der Waals surface area (Å²) in [5.41, 5.74) is 1.69. The molecule has 0 aliphatic rings. The molecule has 0 radical (unpaired) electrons. The number of hydrogen-bond donors (Lipinski definition) is 1. The van der Waals surface area contributed by atoms with E-state index in [-0.39, 0.29) is 0 Å². The van der Waals surface area contributed by atoms with Crippen LogP contribution in [0.25, 0.3) is 0 Å². The summed E-state index contributed by atoms with van der Waals surface area (Å²) >= 11 is 0. The molecule has 74 valence electrons. The first-order valence-electron chi connectivity index (χ1n) is 4.17. The number of hydrogen-bond acceptors (Lipinski definition) is 2. The van der Waals surface area contributed by atoms with E-state index >= 15 is 0 Å². The molecule has 0 aliphatic carbocycles. The van der Waals surface area contributed by atoms with Crippen LogP contribution in [-0.2, 0) is 0 Å². The molecule has 0 saturated carbocycles. The zero-order valence-corrected chi connectivity index (χ0v) is 7.72. The molecule has 0 atom stereocenters. The highest BCUT2D eigenvalue weighted by atomic mass is 19.3. The Hall–Kier alpha value is -1.63. The Morgan fingerprint density at radius 3 is 2.79 bits per heavy atom. The maximum Gasteiger partial charge on any atom is 0.255 e. The molecule has 0 aliphatic heterocycles. The molecule has 1 aromatic rings. The van der Waals surface area contributed by atoms with Crippen LogP contribution in [0.2, 0.25) is 0 Å². The number of rotatable bonds is 3. The van der Waals surface area contributed by atoms with Crippen molar-refractivity contribution in [3.05, 3.63) is 29.3 Å². The van der Waals surface area contributed by atoms with Crippen molar-refractivity contribution in [3.8, 4) is 6.07 Å². The summed E-state index contributed by atoms with van der Waals surface area (Å²) in [4.78, 5) is 0. The Morgan fingerprint density at radius 2 is 2.21 bits per heavy atom. The highest BCUT2D eigenvalue weighted by molar-refractivity contribution is 5.62. The Labute approximate surface area is 81.2 Å². The molecular weight excluding hydrogens is 186 g/mol. The van der Waals surface area contributed by atoms with Crippen molar-refractivity contribution in [2.45, 2.75) is 13.3 Å². The van der Waals surface area contributed by atoms with Gasteiger partial charge in [0.15, 0.2) is 0 Å². The molecule has 0 fully saturated rings. The van der Waals surface area contributed by atoms with Gasteiger partial charge in [-0.3, -0.25) is 0 Å². The van der Waals surface area contributed by atoms with E-state index in [1.807, 2.05) is 6.07 Å². The van der Waals surface area contributed by atoms with E-state index in [9.17, 15) is 8.78 Å². The third kappa shape index (κ3) is 2.43. The highest BCUT2D eigenvalue weighted by Crippen LogP contribution is 2.19. The van der Waals surface area contributed by atoms with Crippen molar-refractivity contribution in [1.82, 2.24) is 0 Å². The number of para-hydroxylation sites is 1. The van der Waals surface area contributed by atoms with Gasteiger partial charge in [0.25, 0.3) is 6.43 Å². The first-order chi connectivity index (χ1) is 6.65. The normalized spacial score (nSPS) is 9.93. The van der Waals surface area contributed by atoms with Gasteiger partial charge in [0, 0.05) is 0 Å². The lowest BCUT2D eigenvalue weighted by Crippen LogP contribution is -2.12. The smallest absolute Gasteiger partial charge is 0.255 e. The summed E-state index contributed by atoms with van der Waals surface area (Å²) in [6, 6.07) is 7.05. The van der Waals surface area contributed by atoms with Crippen LogP contribution in [0, 0.1) is 18.3 Å². The van der Waals surface area contributed by atoms with Gasteiger partial charge >= 0.3 is 0 Å². The van der Waals surface area contributed by atoms with Crippen LogP contribution < -0.4 is 5.32 Å². The zero-order valence-electron chi connectivity index (χ0n) is 7.72. The number of nitrogens with zero attached hydrogens (tertiary/aromatic N) is 1. The van der Waals surface area contributed by atoms with Crippen LogP contribution in [0.1, 0.15) is 11.1 Å². The molecule has 2 nitrogen and oxygen atoms in total. The van der Waals surface area contributed by atoms with Gasteiger partial charge in [0.05, 0.1) is 17.8 Å². The number of aryl methyl sites for hydroxylation is 1. The molecule has 0 unspecified atom stereocenters. The standard InChI is InChI=1S/C10H10F2N2/c1-7-3-2-4-8(5-13)10(7)14-6-9(11)12/h2-4,9,14H,6H2,1H3. The van der Waals surface area contributed by atoms with Gasteiger partial charge in [-0.2, -0.15) is 5.26 Å². The fourth-order valence-corrected chi connectivity index (χ4v) is 1.17. The monoisotopic (exact) mass is 196 g/mol. The average molecular weight is 196 g/mol. The average Bonchev–Trinajstić information content (AvgIpc) is 2.15. The summed E-state index contributed by atoms with van der Waals surface area (Å²) in [7, 11) is 0. The van der Waals surface area contributed by atoms with E-state index in [4.69, 9.17) is 5.26 Å². The van der Waals surface area contributed by atoms with Crippen molar-refractivity contribution < 1.29 is 8.78 Å². The largest absolute Gasteiger partial charge is 0.378 e. The Balaban J connectivity index is 2.89. The minimum atomic E-state index is -2.42. The van der Waals surface area contributed by atoms with E-state index in [0.29, 0.717) is 11.3 Å². The number of anilines is 1. The fourth-order valence-electron chi connectivity index (χ4n) is 1.17. The first kappa shape index (κ1) is 10.5. The lowest BCUT2D eigenvalue weighted by atomic mass is 10.1. The minimum absolute atomic E-state index is 0.394. The lowest BCUT2D eigenvalue weighted by molar-refractivity contribution is 0.163. The van der Waals surface area contributed by atoms with E-state index in [1.54, 1.807) is 25.1 Å². The van der Waals surface area contributed by atoms with Crippen molar-refractivity contribution in [2.75, 3.05) is 11.9 Å². The Morgan fingerprint density at radius 1 is 1.50 bits per heavy atom. The number of halogens is 2. The molecule has 1 N–H and O–H groups in total. The summed E-state index contributed by atoms with van der Waals surface area (Å²) in [6.07, 6.45) is -2.42. The lowest BCUT2D eigenvalue weighted by Gasteiger charge is -2.10. The number of alkyl halides is 2. The predicted molar refractivity (Wildman–Crippen MR) is 50.4 cm³/mol. The van der Waals surface area contributed by atoms with E-state index in [1.165, 1.54) is 0 Å². The molecule has 0 aromatic heterocycles. The topological polar surface area (TPSA) is 35.8 Å². The molecule has 0 amide bonds. The highest BCUT2D eigenvalue weighted by Gasteiger charge is 2.07. The van der Waals surface area contributed by atoms with Crippen LogP contribution >= 0.6 is 0 Å². The molecule has 1 aromatic carbocycles. The molecule has 4 heteroatoms. The SMILES string of the molecule is Cc1cccc(C#N)c1NCC(F)F.